The second-order valence-corrected chi connectivity index (χ2v) is 7.84. The van der Waals surface area contributed by atoms with Crippen molar-refractivity contribution in [3.63, 3.8) is 0 Å². The molecule has 1 fully saturated rings. The van der Waals surface area contributed by atoms with Crippen LogP contribution in [0.15, 0.2) is 35.3 Å². The molecule has 4 rings (SSSR count). The van der Waals surface area contributed by atoms with Gasteiger partial charge in [0.05, 0.1) is 24.1 Å². The molecule has 1 aliphatic rings. The van der Waals surface area contributed by atoms with Crippen LogP contribution in [-0.2, 0) is 7.05 Å². The van der Waals surface area contributed by atoms with Crippen LogP contribution >= 0.6 is 0 Å². The van der Waals surface area contributed by atoms with Crippen molar-refractivity contribution in [2.75, 3.05) is 25.1 Å². The number of ether oxygens (including phenoxy) is 1. The number of pyridine rings is 1. The van der Waals surface area contributed by atoms with E-state index in [1.54, 1.807) is 19.2 Å². The zero-order chi connectivity index (χ0) is 23.7. The van der Waals surface area contributed by atoms with E-state index in [4.69, 9.17) is 15.7 Å². The zero-order valence-electron chi connectivity index (χ0n) is 18.2. The lowest BCUT2D eigenvalue weighted by Gasteiger charge is -2.31. The molecule has 1 aliphatic heterocycles. The van der Waals surface area contributed by atoms with Gasteiger partial charge in [0.25, 0.3) is 5.56 Å². The summed E-state index contributed by atoms with van der Waals surface area (Å²) in [4.78, 5) is 23.7. The van der Waals surface area contributed by atoms with E-state index in [2.05, 4.69) is 9.97 Å². The average Bonchev–Trinajstić information content (AvgIpc) is 2.81. The van der Waals surface area contributed by atoms with Gasteiger partial charge in [-0.3, -0.25) is 4.79 Å². The Morgan fingerprint density at radius 2 is 1.88 bits per heavy atom. The molecule has 0 bridgehead atoms. The molecule has 10 heteroatoms. The van der Waals surface area contributed by atoms with Crippen molar-refractivity contribution in [3.05, 3.63) is 58.0 Å². The molecule has 3 aromatic rings. The fourth-order valence-electron chi connectivity index (χ4n) is 3.92. The third-order valence-electron chi connectivity index (χ3n) is 5.75. The Balaban J connectivity index is 1.96. The molecule has 1 aromatic carbocycles. The van der Waals surface area contributed by atoms with Crippen LogP contribution in [0.5, 0.6) is 5.88 Å². The number of rotatable bonds is 4. The van der Waals surface area contributed by atoms with Crippen molar-refractivity contribution < 1.29 is 13.5 Å². The molecule has 8 nitrogen and oxygen atoms in total. The van der Waals surface area contributed by atoms with Crippen molar-refractivity contribution in [2.45, 2.75) is 18.9 Å². The molecule has 170 valence electrons. The first-order valence-electron chi connectivity index (χ1n) is 10.4. The monoisotopic (exact) mass is 452 g/mol. The van der Waals surface area contributed by atoms with Crippen molar-refractivity contribution in [1.82, 2.24) is 14.5 Å². The van der Waals surface area contributed by atoms with Gasteiger partial charge in [-0.1, -0.05) is 6.07 Å². The maximum absolute atomic E-state index is 14.5. The van der Waals surface area contributed by atoms with E-state index in [-0.39, 0.29) is 45.8 Å². The zero-order valence-corrected chi connectivity index (χ0v) is 18.2. The lowest BCUT2D eigenvalue weighted by molar-refractivity contribution is 0.369. The van der Waals surface area contributed by atoms with Crippen molar-refractivity contribution in [1.29, 1.82) is 5.26 Å². The lowest BCUT2D eigenvalue weighted by atomic mass is 10.0. The number of nitriles is 1. The molecule has 2 N–H and O–H groups in total. The maximum Gasteiger partial charge on any atom is 0.293 e. The first kappa shape index (κ1) is 22.4. The van der Waals surface area contributed by atoms with Crippen LogP contribution in [0.2, 0.25) is 0 Å². The smallest absolute Gasteiger partial charge is 0.293 e. The number of benzene rings is 1. The molecule has 0 amide bonds. The predicted molar refractivity (Wildman–Crippen MR) is 119 cm³/mol. The molecular formula is C23H22F2N6O2. The second-order valence-electron chi connectivity index (χ2n) is 7.84. The van der Waals surface area contributed by atoms with Crippen molar-refractivity contribution >= 4 is 5.82 Å². The number of nitrogens with two attached hydrogens (primary N) is 1. The van der Waals surface area contributed by atoms with Crippen LogP contribution in [0.25, 0.3) is 22.5 Å². The van der Waals surface area contributed by atoms with Gasteiger partial charge >= 0.3 is 0 Å². The minimum Gasteiger partial charge on any atom is -0.479 e. The van der Waals surface area contributed by atoms with Crippen molar-refractivity contribution in [3.8, 4) is 34.5 Å². The van der Waals surface area contributed by atoms with Crippen LogP contribution in [0.4, 0.5) is 14.6 Å². The molecular weight excluding hydrogens is 430 g/mol. The molecule has 0 unspecified atom stereocenters. The number of aromatic nitrogens is 3. The highest BCUT2D eigenvalue weighted by molar-refractivity contribution is 5.79. The number of anilines is 1. The van der Waals surface area contributed by atoms with E-state index < -0.39 is 11.6 Å². The summed E-state index contributed by atoms with van der Waals surface area (Å²) >= 11 is 0. The fourth-order valence-corrected chi connectivity index (χ4v) is 3.92. The number of hydrogen-bond acceptors (Lipinski definition) is 7. The Labute approximate surface area is 188 Å². The molecule has 0 radical (unpaired) electrons. The minimum atomic E-state index is -0.721. The number of piperidine rings is 1. The Hall–Kier alpha value is -3.84. The van der Waals surface area contributed by atoms with Crippen LogP contribution in [0.1, 0.15) is 18.4 Å². The Morgan fingerprint density at radius 1 is 1.18 bits per heavy atom. The third kappa shape index (κ3) is 4.15. The van der Waals surface area contributed by atoms with Gasteiger partial charge in [0.2, 0.25) is 5.88 Å². The minimum absolute atomic E-state index is 0.0600. The Bertz CT molecular complexity index is 1310. The highest BCUT2D eigenvalue weighted by Gasteiger charge is 2.25. The summed E-state index contributed by atoms with van der Waals surface area (Å²) < 4.78 is 35.2. The van der Waals surface area contributed by atoms with E-state index >= 15 is 0 Å². The molecule has 0 saturated carbocycles. The number of methoxy groups -OCH3 is 1. The number of hydrogen-bond donors (Lipinski definition) is 1. The number of nitrogens with zero attached hydrogens (tertiary/aromatic N) is 5. The van der Waals surface area contributed by atoms with Gasteiger partial charge in [-0.05, 0) is 31.0 Å². The van der Waals surface area contributed by atoms with E-state index in [0.717, 1.165) is 0 Å². The largest absolute Gasteiger partial charge is 0.479 e. The Kier molecular flexibility index (Phi) is 6.07. The average molecular weight is 452 g/mol. The van der Waals surface area contributed by atoms with E-state index in [0.29, 0.717) is 31.5 Å². The summed E-state index contributed by atoms with van der Waals surface area (Å²) in [7, 11) is 2.84. The second kappa shape index (κ2) is 8.96. The predicted octanol–water partition coefficient (Wildman–Crippen LogP) is 2.60. The normalized spacial score (nSPS) is 14.2. The number of halogens is 2. The fraction of sp³-hybridized carbons (Fsp3) is 0.304. The Morgan fingerprint density at radius 3 is 2.48 bits per heavy atom. The topological polar surface area (TPSA) is 110 Å². The standard InChI is InChI=1S/C23H22F2N6O2/c1-30-20(15-10-18(25)22(33-2)28-12-15)19(13-3-4-14(11-26)17(24)9-13)29-21(23(30)32)31-7-5-16(27)6-8-31/h3-4,9-10,12,16H,5-8,27H2,1-2H3. The van der Waals surface area contributed by atoms with Gasteiger partial charge in [0.15, 0.2) is 11.6 Å². The van der Waals surface area contributed by atoms with Crippen molar-refractivity contribution in [2.24, 2.45) is 12.8 Å². The van der Waals surface area contributed by atoms with Gasteiger partial charge < -0.3 is 19.9 Å². The molecule has 0 spiro atoms. The summed E-state index contributed by atoms with van der Waals surface area (Å²) in [5, 5.41) is 9.08. The van der Waals surface area contributed by atoms with Crippen LogP contribution < -0.4 is 20.9 Å². The van der Waals surface area contributed by atoms with Crippen LogP contribution in [0.3, 0.4) is 0 Å². The molecule has 0 aliphatic carbocycles. The highest BCUT2D eigenvalue weighted by Crippen LogP contribution is 2.33. The van der Waals surface area contributed by atoms with Gasteiger partial charge in [0.1, 0.15) is 11.9 Å². The summed E-state index contributed by atoms with van der Waals surface area (Å²) in [6.07, 6.45) is 2.78. The SMILES string of the molecule is COc1ncc(-c2c(-c3ccc(C#N)c(F)c3)nc(N3CCC(N)CC3)c(=O)n2C)cc1F. The van der Waals surface area contributed by atoms with Gasteiger partial charge in [-0.15, -0.1) is 0 Å². The first-order valence-corrected chi connectivity index (χ1v) is 10.4. The quantitative estimate of drug-likeness (QED) is 0.648. The van der Waals surface area contributed by atoms with Crippen LogP contribution in [-0.4, -0.2) is 40.8 Å². The molecule has 2 aromatic heterocycles. The molecule has 3 heterocycles. The van der Waals surface area contributed by atoms with Gasteiger partial charge in [-0.2, -0.15) is 5.26 Å². The van der Waals surface area contributed by atoms with E-state index in [1.807, 2.05) is 4.90 Å². The lowest BCUT2D eigenvalue weighted by Crippen LogP contribution is -2.43. The summed E-state index contributed by atoms with van der Waals surface area (Å²) in [6.45, 7) is 1.12. The maximum atomic E-state index is 14.5. The third-order valence-corrected chi connectivity index (χ3v) is 5.75. The molecule has 33 heavy (non-hydrogen) atoms. The summed E-state index contributed by atoms with van der Waals surface area (Å²) in [5.74, 6) is -1.42. The summed E-state index contributed by atoms with van der Waals surface area (Å²) in [6, 6.07) is 7.09. The van der Waals surface area contributed by atoms with Gasteiger partial charge in [-0.25, -0.2) is 18.7 Å². The highest BCUT2D eigenvalue weighted by atomic mass is 19.1. The van der Waals surface area contributed by atoms with E-state index in [1.165, 1.54) is 36.1 Å². The molecule has 0 atom stereocenters. The summed E-state index contributed by atoms with van der Waals surface area (Å²) in [5.41, 5.74) is 6.62. The van der Waals surface area contributed by atoms with Gasteiger partial charge in [0, 0.05) is 43.5 Å². The van der Waals surface area contributed by atoms with Crippen LogP contribution in [0, 0.1) is 23.0 Å². The first-order chi connectivity index (χ1) is 15.8. The van der Waals surface area contributed by atoms with E-state index in [9.17, 15) is 13.6 Å². The molecule has 1 saturated heterocycles.